The molecule has 2 rings (SSSR count). The molecule has 0 atom stereocenters. The van der Waals surface area contributed by atoms with Gasteiger partial charge in [-0.2, -0.15) is 0 Å². The lowest BCUT2D eigenvalue weighted by molar-refractivity contribution is 0.0953. The molecule has 0 saturated heterocycles. The summed E-state index contributed by atoms with van der Waals surface area (Å²) in [6, 6.07) is 13.9. The number of hydrogen-bond acceptors (Lipinski definition) is 1. The number of hydrogen-bond donors (Lipinski definition) is 1. The zero-order chi connectivity index (χ0) is 14.4. The summed E-state index contributed by atoms with van der Waals surface area (Å²) in [6.07, 6.45) is 1.66. The normalized spacial score (nSPS) is 10.3. The van der Waals surface area contributed by atoms with E-state index < -0.39 is 0 Å². The summed E-state index contributed by atoms with van der Waals surface area (Å²) in [4.78, 5) is 11.8. The van der Waals surface area contributed by atoms with Crippen LogP contribution in [0.1, 0.15) is 22.3 Å². The van der Waals surface area contributed by atoms with E-state index in [1.54, 1.807) is 12.1 Å². The van der Waals surface area contributed by atoms with Crippen LogP contribution in [0.3, 0.4) is 0 Å². The molecule has 0 aromatic heterocycles. The second-order valence-electron chi connectivity index (χ2n) is 4.49. The molecule has 2 nitrogen and oxygen atoms in total. The van der Waals surface area contributed by atoms with Crippen LogP contribution in [0.4, 0.5) is 4.39 Å². The van der Waals surface area contributed by atoms with E-state index >= 15 is 0 Å². The second kappa shape index (κ2) is 7.38. The molecule has 0 unspecified atom stereocenters. The van der Waals surface area contributed by atoms with Gasteiger partial charge in [0.25, 0.3) is 5.91 Å². The number of halogens is 2. The van der Waals surface area contributed by atoms with Crippen molar-refractivity contribution in [1.82, 2.24) is 5.32 Å². The molecular formula is C16H15FINO. The third-order valence-corrected chi connectivity index (χ3v) is 3.67. The molecule has 0 aliphatic rings. The predicted molar refractivity (Wildman–Crippen MR) is 86.2 cm³/mol. The van der Waals surface area contributed by atoms with Crippen LogP contribution < -0.4 is 5.32 Å². The van der Waals surface area contributed by atoms with Crippen molar-refractivity contribution in [3.8, 4) is 0 Å². The standard InChI is InChI=1S/C16H15FINO/c17-14-7-3-12(4-8-14)2-1-11-19-16(20)13-5-9-15(18)10-6-13/h3-10H,1-2,11H2,(H,19,20). The Morgan fingerprint density at radius 2 is 1.70 bits per heavy atom. The highest BCUT2D eigenvalue weighted by atomic mass is 127. The second-order valence-corrected chi connectivity index (χ2v) is 5.74. The maximum Gasteiger partial charge on any atom is 0.251 e. The molecule has 0 spiro atoms. The van der Waals surface area contributed by atoms with Crippen molar-refractivity contribution in [3.05, 3.63) is 69.0 Å². The highest BCUT2D eigenvalue weighted by molar-refractivity contribution is 14.1. The lowest BCUT2D eigenvalue weighted by Gasteiger charge is -2.05. The van der Waals surface area contributed by atoms with Crippen molar-refractivity contribution in [2.75, 3.05) is 6.54 Å². The summed E-state index contributed by atoms with van der Waals surface area (Å²) in [7, 11) is 0. The molecule has 2 aromatic rings. The fourth-order valence-electron chi connectivity index (χ4n) is 1.85. The SMILES string of the molecule is O=C(NCCCc1ccc(F)cc1)c1ccc(I)cc1. The van der Waals surface area contributed by atoms with Crippen LogP contribution in [0.25, 0.3) is 0 Å². The maximum absolute atomic E-state index is 12.7. The van der Waals surface area contributed by atoms with Gasteiger partial charge in [-0.3, -0.25) is 4.79 Å². The van der Waals surface area contributed by atoms with Gasteiger partial charge in [0.15, 0.2) is 0 Å². The molecule has 0 bridgehead atoms. The summed E-state index contributed by atoms with van der Waals surface area (Å²) >= 11 is 2.20. The van der Waals surface area contributed by atoms with Crippen molar-refractivity contribution < 1.29 is 9.18 Å². The Morgan fingerprint density at radius 1 is 1.05 bits per heavy atom. The predicted octanol–water partition coefficient (Wildman–Crippen LogP) is 3.79. The Kier molecular flexibility index (Phi) is 5.52. The van der Waals surface area contributed by atoms with Crippen LogP contribution in [0.15, 0.2) is 48.5 Å². The first-order valence-corrected chi connectivity index (χ1v) is 7.51. The summed E-state index contributed by atoms with van der Waals surface area (Å²) in [5, 5.41) is 2.88. The van der Waals surface area contributed by atoms with Crippen LogP contribution in [-0.4, -0.2) is 12.5 Å². The van der Waals surface area contributed by atoms with E-state index in [9.17, 15) is 9.18 Å². The van der Waals surface area contributed by atoms with E-state index in [1.807, 2.05) is 24.3 Å². The third-order valence-electron chi connectivity index (χ3n) is 2.95. The molecule has 1 N–H and O–H groups in total. The number of amides is 1. The molecule has 1 amide bonds. The van der Waals surface area contributed by atoms with Crippen molar-refractivity contribution in [2.45, 2.75) is 12.8 Å². The zero-order valence-electron chi connectivity index (χ0n) is 10.9. The topological polar surface area (TPSA) is 29.1 Å². The van der Waals surface area contributed by atoms with Gasteiger partial charge in [-0.15, -0.1) is 0 Å². The van der Waals surface area contributed by atoms with Gasteiger partial charge < -0.3 is 5.32 Å². The van der Waals surface area contributed by atoms with Crippen LogP contribution in [-0.2, 0) is 6.42 Å². The van der Waals surface area contributed by atoms with Crippen molar-refractivity contribution >= 4 is 28.5 Å². The summed E-state index contributed by atoms with van der Waals surface area (Å²) < 4.78 is 13.8. The Balaban J connectivity index is 1.74. The van der Waals surface area contributed by atoms with Gasteiger partial charge in [-0.25, -0.2) is 4.39 Å². The molecule has 0 radical (unpaired) electrons. The molecule has 104 valence electrons. The first kappa shape index (κ1) is 15.0. The van der Waals surface area contributed by atoms with Gasteiger partial charge in [0, 0.05) is 15.7 Å². The minimum Gasteiger partial charge on any atom is -0.352 e. The third kappa shape index (κ3) is 4.59. The molecular weight excluding hydrogens is 368 g/mol. The van der Waals surface area contributed by atoms with Gasteiger partial charge in [0.1, 0.15) is 5.82 Å². The Bertz CT molecular complexity index is 566. The minimum atomic E-state index is -0.222. The Morgan fingerprint density at radius 3 is 2.35 bits per heavy atom. The quantitative estimate of drug-likeness (QED) is 0.618. The van der Waals surface area contributed by atoms with Gasteiger partial charge in [-0.05, 0) is 77.4 Å². The van der Waals surface area contributed by atoms with Crippen LogP contribution in [0.2, 0.25) is 0 Å². The molecule has 20 heavy (non-hydrogen) atoms. The summed E-state index contributed by atoms with van der Waals surface area (Å²) in [5.74, 6) is -0.277. The number of nitrogens with one attached hydrogen (secondary N) is 1. The monoisotopic (exact) mass is 383 g/mol. The fraction of sp³-hybridized carbons (Fsp3) is 0.188. The molecule has 0 aliphatic heterocycles. The van der Waals surface area contributed by atoms with Gasteiger partial charge in [0.05, 0.1) is 0 Å². The van der Waals surface area contributed by atoms with E-state index in [1.165, 1.54) is 12.1 Å². The number of carbonyl (C=O) groups is 1. The highest BCUT2D eigenvalue weighted by Crippen LogP contribution is 2.07. The maximum atomic E-state index is 12.7. The van der Waals surface area contributed by atoms with Gasteiger partial charge in [0.2, 0.25) is 0 Å². The zero-order valence-corrected chi connectivity index (χ0v) is 13.1. The molecule has 0 heterocycles. The number of rotatable bonds is 5. The number of aryl methyl sites for hydroxylation is 1. The van der Waals surface area contributed by atoms with E-state index in [-0.39, 0.29) is 11.7 Å². The molecule has 2 aromatic carbocycles. The first-order chi connectivity index (χ1) is 9.65. The molecule has 4 heteroatoms. The van der Waals surface area contributed by atoms with Crippen LogP contribution in [0.5, 0.6) is 0 Å². The Hall–Kier alpha value is -1.43. The van der Waals surface area contributed by atoms with Crippen molar-refractivity contribution in [2.24, 2.45) is 0 Å². The fourth-order valence-corrected chi connectivity index (χ4v) is 2.21. The van der Waals surface area contributed by atoms with E-state index in [2.05, 4.69) is 27.9 Å². The molecule has 0 saturated carbocycles. The number of carbonyl (C=O) groups excluding carboxylic acids is 1. The summed E-state index contributed by atoms with van der Waals surface area (Å²) in [6.45, 7) is 0.613. The largest absolute Gasteiger partial charge is 0.352 e. The van der Waals surface area contributed by atoms with Crippen molar-refractivity contribution in [3.63, 3.8) is 0 Å². The number of benzene rings is 2. The lowest BCUT2D eigenvalue weighted by Crippen LogP contribution is -2.24. The highest BCUT2D eigenvalue weighted by Gasteiger charge is 2.04. The minimum absolute atomic E-state index is 0.0551. The van der Waals surface area contributed by atoms with Gasteiger partial charge >= 0.3 is 0 Å². The van der Waals surface area contributed by atoms with Crippen molar-refractivity contribution in [1.29, 1.82) is 0 Å². The average Bonchev–Trinajstić information content (AvgIpc) is 2.46. The van der Waals surface area contributed by atoms with Crippen LogP contribution >= 0.6 is 22.6 Å². The molecule has 0 aliphatic carbocycles. The average molecular weight is 383 g/mol. The smallest absolute Gasteiger partial charge is 0.251 e. The first-order valence-electron chi connectivity index (χ1n) is 6.43. The van der Waals surface area contributed by atoms with E-state index in [0.717, 1.165) is 22.0 Å². The van der Waals surface area contributed by atoms with Gasteiger partial charge in [-0.1, -0.05) is 12.1 Å². The Labute approximate surface area is 131 Å². The molecule has 0 fully saturated rings. The van der Waals surface area contributed by atoms with E-state index in [0.29, 0.717) is 12.1 Å². The summed E-state index contributed by atoms with van der Waals surface area (Å²) in [5.41, 5.74) is 1.75. The van der Waals surface area contributed by atoms with Crippen LogP contribution in [0, 0.1) is 9.39 Å². The lowest BCUT2D eigenvalue weighted by atomic mass is 10.1. The van der Waals surface area contributed by atoms with E-state index in [4.69, 9.17) is 0 Å².